The number of benzene rings is 1. The minimum atomic E-state index is -3.90. The smallest absolute Gasteiger partial charge is 0.241 e. The number of aryl methyl sites for hydroxylation is 1. The summed E-state index contributed by atoms with van der Waals surface area (Å²) in [6, 6.07) is 1.09. The van der Waals surface area contributed by atoms with Crippen LogP contribution in [0.15, 0.2) is 11.0 Å². The van der Waals surface area contributed by atoms with E-state index in [1.807, 2.05) is 0 Å². The second-order valence-corrected chi connectivity index (χ2v) is 7.10. The van der Waals surface area contributed by atoms with Crippen molar-refractivity contribution in [2.24, 2.45) is 0 Å². The van der Waals surface area contributed by atoms with Crippen LogP contribution < -0.4 is 10.5 Å². The fourth-order valence-corrected chi connectivity index (χ4v) is 3.98. The van der Waals surface area contributed by atoms with Crippen LogP contribution in [0.25, 0.3) is 0 Å². The first-order chi connectivity index (χ1) is 9.66. The van der Waals surface area contributed by atoms with E-state index in [4.69, 9.17) is 10.5 Å². The van der Waals surface area contributed by atoms with E-state index in [9.17, 15) is 17.9 Å². The lowest BCUT2D eigenvalue weighted by Crippen LogP contribution is -2.43. The van der Waals surface area contributed by atoms with Gasteiger partial charge in [0.15, 0.2) is 0 Å². The van der Waals surface area contributed by atoms with Crippen molar-refractivity contribution in [2.75, 3.05) is 25.5 Å². The summed E-state index contributed by atoms with van der Waals surface area (Å²) in [5.41, 5.74) is 4.58. The second kappa shape index (κ2) is 5.53. The van der Waals surface area contributed by atoms with Crippen molar-refractivity contribution >= 4 is 15.7 Å². The number of nitrogens with one attached hydrogen (secondary N) is 1. The highest BCUT2D eigenvalue weighted by Gasteiger charge is 2.34. The predicted molar refractivity (Wildman–Crippen MR) is 75.9 cm³/mol. The van der Waals surface area contributed by atoms with E-state index in [1.165, 1.54) is 13.8 Å². The van der Waals surface area contributed by atoms with E-state index in [-0.39, 0.29) is 34.9 Å². The maximum Gasteiger partial charge on any atom is 0.241 e. The topological polar surface area (TPSA) is 102 Å². The zero-order valence-corrected chi connectivity index (χ0v) is 12.8. The van der Waals surface area contributed by atoms with Crippen molar-refractivity contribution in [3.63, 3.8) is 0 Å². The molecule has 0 radical (unpaired) electrons. The number of aliphatic hydroxyl groups is 1. The Hall–Kier alpha value is -1.22. The van der Waals surface area contributed by atoms with Gasteiger partial charge in [0, 0.05) is 19.6 Å². The van der Waals surface area contributed by atoms with Crippen LogP contribution in [-0.2, 0) is 14.8 Å². The lowest BCUT2D eigenvalue weighted by Gasteiger charge is -2.22. The maximum atomic E-state index is 13.5. The Morgan fingerprint density at radius 2 is 2.19 bits per heavy atom. The number of hydrogen-bond donors (Lipinski definition) is 3. The lowest BCUT2D eigenvalue weighted by atomic mass is 10.1. The van der Waals surface area contributed by atoms with Gasteiger partial charge in [-0.1, -0.05) is 0 Å². The summed E-state index contributed by atoms with van der Waals surface area (Å²) in [6.07, 6.45) is 0.360. The minimum absolute atomic E-state index is 0.0519. The van der Waals surface area contributed by atoms with Crippen LogP contribution >= 0.6 is 0 Å². The molecule has 1 atom stereocenters. The minimum Gasteiger partial charge on any atom is -0.396 e. The SMILES string of the molecule is Cc1cc(F)c(N)c(C)c1S(=O)(=O)NCC1(O)CCOC1. The highest BCUT2D eigenvalue weighted by atomic mass is 32.2. The van der Waals surface area contributed by atoms with Gasteiger partial charge in [0.1, 0.15) is 11.4 Å². The van der Waals surface area contributed by atoms with Crippen molar-refractivity contribution < 1.29 is 22.7 Å². The molecule has 6 nitrogen and oxygen atoms in total. The summed E-state index contributed by atoms with van der Waals surface area (Å²) in [5.74, 6) is -0.647. The quantitative estimate of drug-likeness (QED) is 0.700. The number of rotatable bonds is 4. The van der Waals surface area contributed by atoms with Gasteiger partial charge in [-0.15, -0.1) is 0 Å². The molecule has 1 heterocycles. The van der Waals surface area contributed by atoms with Crippen LogP contribution in [-0.4, -0.2) is 38.9 Å². The monoisotopic (exact) mass is 318 g/mol. The second-order valence-electron chi connectivity index (χ2n) is 5.39. The molecule has 118 valence electrons. The molecule has 1 aromatic carbocycles. The Labute approximate surface area is 123 Å². The zero-order valence-electron chi connectivity index (χ0n) is 11.9. The molecule has 1 fully saturated rings. The van der Waals surface area contributed by atoms with Gasteiger partial charge in [0.2, 0.25) is 10.0 Å². The number of hydrogen-bond acceptors (Lipinski definition) is 5. The molecule has 2 rings (SSSR count). The maximum absolute atomic E-state index is 13.5. The first kappa shape index (κ1) is 16.2. The van der Waals surface area contributed by atoms with Gasteiger partial charge in [-0.05, 0) is 31.0 Å². The largest absolute Gasteiger partial charge is 0.396 e. The molecular weight excluding hydrogens is 299 g/mol. The van der Waals surface area contributed by atoms with Crippen molar-refractivity contribution in [3.8, 4) is 0 Å². The first-order valence-electron chi connectivity index (χ1n) is 6.51. The van der Waals surface area contributed by atoms with E-state index in [1.54, 1.807) is 0 Å². The highest BCUT2D eigenvalue weighted by Crippen LogP contribution is 2.28. The van der Waals surface area contributed by atoms with Crippen LogP contribution in [0.2, 0.25) is 0 Å². The number of nitrogen functional groups attached to an aromatic ring is 1. The van der Waals surface area contributed by atoms with Crippen molar-refractivity contribution in [1.82, 2.24) is 4.72 Å². The first-order valence-corrected chi connectivity index (χ1v) is 7.99. The van der Waals surface area contributed by atoms with Crippen LogP contribution in [0, 0.1) is 19.7 Å². The van der Waals surface area contributed by atoms with Crippen LogP contribution in [0.4, 0.5) is 10.1 Å². The van der Waals surface area contributed by atoms with Crippen molar-refractivity contribution in [1.29, 1.82) is 0 Å². The van der Waals surface area contributed by atoms with Crippen LogP contribution in [0.5, 0.6) is 0 Å². The molecule has 0 aliphatic carbocycles. The van der Waals surface area contributed by atoms with Crippen molar-refractivity contribution in [3.05, 3.63) is 23.0 Å². The van der Waals surface area contributed by atoms with Gasteiger partial charge in [0.05, 0.1) is 17.2 Å². The number of nitrogens with two attached hydrogens (primary N) is 1. The average Bonchev–Trinajstić information content (AvgIpc) is 2.81. The van der Waals surface area contributed by atoms with Gasteiger partial charge in [-0.25, -0.2) is 17.5 Å². The third kappa shape index (κ3) is 3.18. The molecule has 1 aliphatic heterocycles. The van der Waals surface area contributed by atoms with Crippen LogP contribution in [0.3, 0.4) is 0 Å². The van der Waals surface area contributed by atoms with Gasteiger partial charge in [-0.2, -0.15) is 0 Å². The molecular formula is C13H19FN2O4S. The molecule has 0 aromatic heterocycles. The van der Waals surface area contributed by atoms with Gasteiger partial charge in [0.25, 0.3) is 0 Å². The van der Waals surface area contributed by atoms with E-state index < -0.39 is 21.4 Å². The predicted octanol–water partition coefficient (Wildman–Crippen LogP) is 0.454. The molecule has 0 bridgehead atoms. The van der Waals surface area contributed by atoms with E-state index >= 15 is 0 Å². The third-order valence-electron chi connectivity index (χ3n) is 3.65. The van der Waals surface area contributed by atoms with E-state index in [0.29, 0.717) is 13.0 Å². The Bertz CT molecular complexity index is 655. The molecule has 1 aromatic rings. The van der Waals surface area contributed by atoms with Gasteiger partial charge in [-0.3, -0.25) is 0 Å². The summed E-state index contributed by atoms with van der Waals surface area (Å²) in [5, 5.41) is 10.1. The third-order valence-corrected chi connectivity index (χ3v) is 5.34. The Kier molecular flexibility index (Phi) is 4.25. The number of ether oxygens (including phenoxy) is 1. The number of anilines is 1. The molecule has 4 N–H and O–H groups in total. The summed E-state index contributed by atoms with van der Waals surface area (Å²) in [4.78, 5) is -0.0519. The number of halogens is 1. The Morgan fingerprint density at radius 1 is 1.52 bits per heavy atom. The molecule has 1 saturated heterocycles. The Morgan fingerprint density at radius 3 is 2.76 bits per heavy atom. The fraction of sp³-hybridized carbons (Fsp3) is 0.538. The van der Waals surface area contributed by atoms with Gasteiger partial charge < -0.3 is 15.6 Å². The molecule has 0 saturated carbocycles. The fourth-order valence-electron chi connectivity index (χ4n) is 2.38. The highest BCUT2D eigenvalue weighted by molar-refractivity contribution is 7.89. The standard InChI is InChI=1S/C13H19FN2O4S/c1-8-5-10(14)11(15)9(2)12(8)21(18,19)16-6-13(17)3-4-20-7-13/h5,16-17H,3-4,6-7,15H2,1-2H3. The summed E-state index contributed by atoms with van der Waals surface area (Å²) >= 11 is 0. The summed E-state index contributed by atoms with van der Waals surface area (Å²) in [7, 11) is -3.90. The zero-order chi connectivity index (χ0) is 15.8. The molecule has 1 unspecified atom stereocenters. The lowest BCUT2D eigenvalue weighted by molar-refractivity contribution is 0.0314. The summed E-state index contributed by atoms with van der Waals surface area (Å²) < 4.78 is 45.7. The normalized spacial score (nSPS) is 22.7. The average molecular weight is 318 g/mol. The Balaban J connectivity index is 2.30. The van der Waals surface area contributed by atoms with Crippen molar-refractivity contribution in [2.45, 2.75) is 30.8 Å². The summed E-state index contributed by atoms with van der Waals surface area (Å²) in [6.45, 7) is 3.26. The molecule has 0 spiro atoms. The van der Waals surface area contributed by atoms with Crippen LogP contribution in [0.1, 0.15) is 17.5 Å². The van der Waals surface area contributed by atoms with E-state index in [0.717, 1.165) is 6.07 Å². The number of sulfonamides is 1. The van der Waals surface area contributed by atoms with E-state index in [2.05, 4.69) is 4.72 Å². The molecule has 0 amide bonds. The van der Waals surface area contributed by atoms with Gasteiger partial charge >= 0.3 is 0 Å². The molecule has 1 aliphatic rings. The molecule has 21 heavy (non-hydrogen) atoms. The molecule has 8 heteroatoms.